The van der Waals surface area contributed by atoms with Gasteiger partial charge in [0.25, 0.3) is 5.91 Å². The lowest BCUT2D eigenvalue weighted by atomic mass is 9.93. The molecule has 0 fully saturated rings. The monoisotopic (exact) mass is 404 g/mol. The third-order valence-corrected chi connectivity index (χ3v) is 5.85. The number of fused-ring (bicyclic) bond motifs is 2. The summed E-state index contributed by atoms with van der Waals surface area (Å²) in [5, 5.41) is 2.21. The fourth-order valence-electron chi connectivity index (χ4n) is 4.31. The largest absolute Gasteiger partial charge is 0.493 e. The van der Waals surface area contributed by atoms with Crippen LogP contribution in [-0.4, -0.2) is 35.2 Å². The van der Waals surface area contributed by atoms with Crippen LogP contribution >= 0.6 is 0 Å². The number of hydrogen-bond acceptors (Lipinski definition) is 3. The van der Waals surface area contributed by atoms with Crippen molar-refractivity contribution in [1.29, 1.82) is 0 Å². The van der Waals surface area contributed by atoms with Crippen molar-refractivity contribution in [3.8, 4) is 5.75 Å². The van der Waals surface area contributed by atoms with E-state index < -0.39 is 0 Å². The summed E-state index contributed by atoms with van der Waals surface area (Å²) < 4.78 is 5.99. The number of rotatable bonds is 6. The first-order valence-corrected chi connectivity index (χ1v) is 10.6. The Morgan fingerprint density at radius 1 is 1.17 bits per heavy atom. The molecule has 0 unspecified atom stereocenters. The molecule has 1 heterocycles. The van der Waals surface area contributed by atoms with Gasteiger partial charge in [0, 0.05) is 36.8 Å². The first-order chi connectivity index (χ1) is 14.5. The van der Waals surface area contributed by atoms with Crippen molar-refractivity contribution in [3.63, 3.8) is 0 Å². The van der Waals surface area contributed by atoms with E-state index in [4.69, 9.17) is 4.74 Å². The van der Waals surface area contributed by atoms with Crippen LogP contribution in [0.5, 0.6) is 5.75 Å². The Labute approximate surface area is 177 Å². The van der Waals surface area contributed by atoms with Gasteiger partial charge in [-0.25, -0.2) is 0 Å². The Morgan fingerprint density at radius 2 is 1.97 bits per heavy atom. The molecule has 1 amide bonds. The van der Waals surface area contributed by atoms with E-state index in [-0.39, 0.29) is 11.7 Å². The zero-order valence-electron chi connectivity index (χ0n) is 17.9. The predicted octanol–water partition coefficient (Wildman–Crippen LogP) is 5.06. The van der Waals surface area contributed by atoms with Gasteiger partial charge < -0.3 is 14.6 Å². The third-order valence-electron chi connectivity index (χ3n) is 5.85. The fourth-order valence-corrected chi connectivity index (χ4v) is 4.31. The van der Waals surface area contributed by atoms with E-state index in [1.807, 2.05) is 25.1 Å². The number of carbonyl (C=O) groups excluding carboxylic acids is 2. The highest BCUT2D eigenvalue weighted by molar-refractivity contribution is 6.04. The van der Waals surface area contributed by atoms with E-state index in [9.17, 15) is 9.59 Å². The number of amides is 1. The van der Waals surface area contributed by atoms with Crippen LogP contribution in [0.15, 0.2) is 36.4 Å². The molecule has 0 bridgehead atoms. The minimum Gasteiger partial charge on any atom is -0.493 e. The molecule has 0 spiro atoms. The van der Waals surface area contributed by atoms with Crippen LogP contribution in [0.2, 0.25) is 0 Å². The van der Waals surface area contributed by atoms with Crippen LogP contribution in [0.25, 0.3) is 10.8 Å². The molecule has 3 aromatic rings. The molecule has 1 aliphatic carbocycles. The fraction of sp³-hybridized carbons (Fsp3) is 0.360. The number of aromatic amines is 1. The Bertz CT molecular complexity index is 1110. The van der Waals surface area contributed by atoms with Gasteiger partial charge in [0.2, 0.25) is 0 Å². The summed E-state index contributed by atoms with van der Waals surface area (Å²) in [5.41, 5.74) is 3.91. The van der Waals surface area contributed by atoms with Crippen LogP contribution < -0.4 is 4.74 Å². The highest BCUT2D eigenvalue weighted by Gasteiger charge is 2.28. The van der Waals surface area contributed by atoms with Crippen molar-refractivity contribution in [2.24, 2.45) is 0 Å². The quantitative estimate of drug-likeness (QED) is 0.625. The number of ether oxygens (including phenoxy) is 1. The molecule has 0 radical (unpaired) electrons. The van der Waals surface area contributed by atoms with Gasteiger partial charge in [-0.1, -0.05) is 37.3 Å². The number of benzene rings is 2. The van der Waals surface area contributed by atoms with Crippen molar-refractivity contribution < 1.29 is 14.3 Å². The number of aromatic nitrogens is 1. The van der Waals surface area contributed by atoms with Gasteiger partial charge in [-0.2, -0.15) is 0 Å². The topological polar surface area (TPSA) is 62.4 Å². The summed E-state index contributed by atoms with van der Waals surface area (Å²) in [4.78, 5) is 30.6. The van der Waals surface area contributed by atoms with Crippen molar-refractivity contribution in [1.82, 2.24) is 9.88 Å². The van der Waals surface area contributed by atoms with Crippen LogP contribution in [0.4, 0.5) is 0 Å². The number of hydrogen-bond donors (Lipinski definition) is 1. The minimum atomic E-state index is -0.107. The average molecular weight is 405 g/mol. The standard InChI is InChI=1S/C25H28N2O3/c1-4-14-30-22-13-12-17-8-5-6-9-18(17)19(22)15-27(3)25(29)24-16(2)23-20(26-24)10-7-11-21(23)28/h5-6,8-9,12-13,26H,4,7,10-11,14-15H2,1-3H3. The molecule has 5 nitrogen and oxygen atoms in total. The Hall–Kier alpha value is -3.08. The Morgan fingerprint density at radius 3 is 2.73 bits per heavy atom. The van der Waals surface area contributed by atoms with Crippen molar-refractivity contribution >= 4 is 22.5 Å². The molecule has 1 aliphatic rings. The van der Waals surface area contributed by atoms with Gasteiger partial charge in [0.05, 0.1) is 6.61 Å². The second-order valence-corrected chi connectivity index (χ2v) is 8.03. The van der Waals surface area contributed by atoms with Gasteiger partial charge in [-0.3, -0.25) is 9.59 Å². The van der Waals surface area contributed by atoms with E-state index in [1.165, 1.54) is 0 Å². The molecular weight excluding hydrogens is 376 g/mol. The number of nitrogens with zero attached hydrogens (tertiary/aromatic N) is 1. The lowest BCUT2D eigenvalue weighted by Gasteiger charge is -2.21. The molecule has 30 heavy (non-hydrogen) atoms. The summed E-state index contributed by atoms with van der Waals surface area (Å²) in [6.07, 6.45) is 3.13. The van der Waals surface area contributed by atoms with E-state index in [0.29, 0.717) is 25.3 Å². The SMILES string of the molecule is CCCOc1ccc2ccccc2c1CN(C)C(=O)c1[nH]c2c(c1C)C(=O)CCC2. The van der Waals surface area contributed by atoms with Gasteiger partial charge in [0.15, 0.2) is 5.78 Å². The zero-order valence-corrected chi connectivity index (χ0v) is 17.9. The molecule has 156 valence electrons. The number of H-pyrrole nitrogens is 1. The highest BCUT2D eigenvalue weighted by Crippen LogP contribution is 2.31. The summed E-state index contributed by atoms with van der Waals surface area (Å²) >= 11 is 0. The van der Waals surface area contributed by atoms with Crippen LogP contribution in [0.3, 0.4) is 0 Å². The number of Topliss-reactive ketones (excluding diaryl/α,β-unsaturated/α-hetero) is 1. The van der Waals surface area contributed by atoms with Gasteiger partial charge >= 0.3 is 0 Å². The molecule has 1 aromatic heterocycles. The van der Waals surface area contributed by atoms with Crippen molar-refractivity contribution in [2.75, 3.05) is 13.7 Å². The molecular formula is C25H28N2O3. The van der Waals surface area contributed by atoms with Gasteiger partial charge in [-0.05, 0) is 48.6 Å². The molecule has 1 N–H and O–H groups in total. The van der Waals surface area contributed by atoms with Crippen molar-refractivity contribution in [2.45, 2.75) is 46.1 Å². The molecule has 4 rings (SSSR count). The smallest absolute Gasteiger partial charge is 0.270 e. The maximum Gasteiger partial charge on any atom is 0.270 e. The van der Waals surface area contributed by atoms with Crippen LogP contribution in [0, 0.1) is 6.92 Å². The van der Waals surface area contributed by atoms with Gasteiger partial charge in [-0.15, -0.1) is 0 Å². The van der Waals surface area contributed by atoms with Crippen LogP contribution in [0.1, 0.15) is 63.9 Å². The van der Waals surface area contributed by atoms with E-state index in [0.717, 1.165) is 58.2 Å². The molecule has 0 atom stereocenters. The second kappa shape index (κ2) is 8.34. The third kappa shape index (κ3) is 3.60. The molecule has 5 heteroatoms. The summed E-state index contributed by atoms with van der Waals surface area (Å²) in [6, 6.07) is 12.2. The number of carbonyl (C=O) groups is 2. The Kier molecular flexibility index (Phi) is 5.62. The first-order valence-electron chi connectivity index (χ1n) is 10.6. The molecule has 2 aromatic carbocycles. The van der Waals surface area contributed by atoms with E-state index in [1.54, 1.807) is 11.9 Å². The molecule has 0 aliphatic heterocycles. The summed E-state index contributed by atoms with van der Waals surface area (Å²) in [7, 11) is 1.80. The minimum absolute atomic E-state index is 0.107. The molecule has 0 saturated carbocycles. The lowest BCUT2D eigenvalue weighted by molar-refractivity contribution is 0.0778. The number of nitrogens with one attached hydrogen (secondary N) is 1. The van der Waals surface area contributed by atoms with E-state index in [2.05, 4.69) is 30.1 Å². The summed E-state index contributed by atoms with van der Waals surface area (Å²) in [6.45, 7) is 5.00. The Balaban J connectivity index is 1.67. The lowest BCUT2D eigenvalue weighted by Crippen LogP contribution is -2.27. The second-order valence-electron chi connectivity index (χ2n) is 8.03. The van der Waals surface area contributed by atoms with Crippen LogP contribution in [-0.2, 0) is 13.0 Å². The van der Waals surface area contributed by atoms with Crippen molar-refractivity contribution in [3.05, 3.63) is 64.5 Å². The normalized spacial score (nSPS) is 13.4. The number of ketones is 1. The summed E-state index contributed by atoms with van der Waals surface area (Å²) in [5.74, 6) is 0.841. The number of aryl methyl sites for hydroxylation is 1. The highest BCUT2D eigenvalue weighted by atomic mass is 16.5. The molecule has 0 saturated heterocycles. The van der Waals surface area contributed by atoms with Gasteiger partial charge in [0.1, 0.15) is 11.4 Å². The maximum atomic E-state index is 13.3. The maximum absolute atomic E-state index is 13.3. The average Bonchev–Trinajstić information content (AvgIpc) is 3.10. The van der Waals surface area contributed by atoms with E-state index >= 15 is 0 Å². The zero-order chi connectivity index (χ0) is 21.3. The predicted molar refractivity (Wildman–Crippen MR) is 118 cm³/mol. The first kappa shape index (κ1) is 20.2.